The van der Waals surface area contributed by atoms with Crippen molar-refractivity contribution >= 4 is 28.2 Å². The summed E-state index contributed by atoms with van der Waals surface area (Å²) in [6.07, 6.45) is 3.09. The first kappa shape index (κ1) is 18.1. The Morgan fingerprint density at radius 1 is 1.31 bits per heavy atom. The fourth-order valence-electron chi connectivity index (χ4n) is 2.61. The molecule has 11 heteroatoms. The van der Waals surface area contributed by atoms with E-state index < -0.39 is 0 Å². The van der Waals surface area contributed by atoms with Crippen LogP contribution in [0.4, 0.5) is 10.9 Å². The Labute approximate surface area is 154 Å². The van der Waals surface area contributed by atoms with E-state index in [0.29, 0.717) is 54.4 Å². The molecule has 0 unspecified atom stereocenters. The summed E-state index contributed by atoms with van der Waals surface area (Å²) in [7, 11) is 1.58. The number of rotatable bonds is 6. The van der Waals surface area contributed by atoms with Crippen LogP contribution in [0.25, 0.3) is 0 Å². The van der Waals surface area contributed by atoms with Crippen LogP contribution in [0.2, 0.25) is 0 Å². The maximum atomic E-state index is 12.2. The number of methoxy groups -OCH3 is 1. The van der Waals surface area contributed by atoms with Gasteiger partial charge in [-0.3, -0.25) is 15.0 Å². The zero-order valence-electron chi connectivity index (χ0n) is 14.3. The molecule has 1 saturated heterocycles. The highest BCUT2D eigenvalue weighted by atomic mass is 32.1. The van der Waals surface area contributed by atoms with E-state index in [-0.39, 0.29) is 12.5 Å². The van der Waals surface area contributed by atoms with Crippen LogP contribution in [-0.4, -0.2) is 70.8 Å². The summed E-state index contributed by atoms with van der Waals surface area (Å²) in [6, 6.07) is 2.06. The molecule has 0 atom stereocenters. The van der Waals surface area contributed by atoms with E-state index in [2.05, 4.69) is 31.6 Å². The van der Waals surface area contributed by atoms with E-state index in [1.165, 1.54) is 17.5 Å². The zero-order chi connectivity index (χ0) is 18.4. The number of amides is 1. The van der Waals surface area contributed by atoms with Gasteiger partial charge < -0.3 is 9.64 Å². The molecule has 3 rings (SSSR count). The van der Waals surface area contributed by atoms with Crippen molar-refractivity contribution in [1.29, 1.82) is 5.26 Å². The topological polar surface area (TPSA) is 120 Å². The molecule has 1 fully saturated rings. The third kappa shape index (κ3) is 4.48. The van der Waals surface area contributed by atoms with Gasteiger partial charge in [-0.15, -0.1) is 10.2 Å². The van der Waals surface area contributed by atoms with Crippen molar-refractivity contribution in [3.63, 3.8) is 0 Å². The van der Waals surface area contributed by atoms with Crippen LogP contribution in [0.1, 0.15) is 10.7 Å². The minimum Gasteiger partial charge on any atom is -0.377 e. The molecule has 1 N–H and O–H groups in total. The minimum absolute atomic E-state index is 0.129. The Morgan fingerprint density at radius 2 is 2.08 bits per heavy atom. The Bertz CT molecular complexity index is 797. The molecule has 136 valence electrons. The molecule has 0 spiro atoms. The fraction of sp³-hybridized carbons (Fsp3) is 0.467. The molecule has 0 bridgehead atoms. The number of carbonyl (C=O) groups excluding carboxylic acids is 1. The second-order valence-electron chi connectivity index (χ2n) is 5.59. The molecule has 1 amide bonds. The van der Waals surface area contributed by atoms with Crippen LogP contribution in [-0.2, 0) is 16.1 Å². The average Bonchev–Trinajstić information content (AvgIpc) is 3.09. The van der Waals surface area contributed by atoms with Gasteiger partial charge in [-0.05, 0) is 0 Å². The molecule has 10 nitrogen and oxygen atoms in total. The van der Waals surface area contributed by atoms with Gasteiger partial charge in [0.2, 0.25) is 11.0 Å². The molecule has 2 aromatic rings. The molecule has 2 aromatic heterocycles. The van der Waals surface area contributed by atoms with E-state index in [4.69, 9.17) is 10.00 Å². The van der Waals surface area contributed by atoms with Crippen molar-refractivity contribution in [2.75, 3.05) is 50.1 Å². The Morgan fingerprint density at radius 3 is 2.81 bits per heavy atom. The molecule has 0 saturated carbocycles. The van der Waals surface area contributed by atoms with Crippen molar-refractivity contribution in [1.82, 2.24) is 25.1 Å². The summed E-state index contributed by atoms with van der Waals surface area (Å²) in [5.41, 5.74) is 0.321. The van der Waals surface area contributed by atoms with Gasteiger partial charge in [0, 0.05) is 45.7 Å². The second kappa shape index (κ2) is 8.61. The monoisotopic (exact) mass is 374 g/mol. The van der Waals surface area contributed by atoms with E-state index in [9.17, 15) is 4.79 Å². The van der Waals surface area contributed by atoms with Crippen molar-refractivity contribution in [2.24, 2.45) is 0 Å². The highest BCUT2D eigenvalue weighted by molar-refractivity contribution is 7.15. The summed E-state index contributed by atoms with van der Waals surface area (Å²) >= 11 is 1.30. The van der Waals surface area contributed by atoms with Crippen molar-refractivity contribution < 1.29 is 9.53 Å². The molecule has 3 heterocycles. The number of anilines is 2. The number of hydrogen-bond donors (Lipinski definition) is 1. The van der Waals surface area contributed by atoms with Crippen LogP contribution in [0.5, 0.6) is 0 Å². The maximum Gasteiger partial charge on any atom is 0.240 e. The Hall–Kier alpha value is -2.68. The summed E-state index contributed by atoms with van der Waals surface area (Å²) in [5, 5.41) is 20.9. The van der Waals surface area contributed by atoms with Crippen LogP contribution in [0.3, 0.4) is 0 Å². The zero-order valence-corrected chi connectivity index (χ0v) is 15.1. The van der Waals surface area contributed by atoms with Gasteiger partial charge in [-0.25, -0.2) is 9.97 Å². The molecular formula is C15H18N8O2S. The minimum atomic E-state index is -0.129. The van der Waals surface area contributed by atoms with E-state index in [1.807, 2.05) is 9.80 Å². The predicted molar refractivity (Wildman–Crippen MR) is 94.7 cm³/mol. The Kier molecular flexibility index (Phi) is 6.00. The summed E-state index contributed by atoms with van der Waals surface area (Å²) < 4.78 is 4.98. The largest absolute Gasteiger partial charge is 0.377 e. The van der Waals surface area contributed by atoms with Gasteiger partial charge in [0.1, 0.15) is 17.7 Å². The van der Waals surface area contributed by atoms with Crippen LogP contribution >= 0.6 is 11.3 Å². The lowest BCUT2D eigenvalue weighted by atomic mass is 10.3. The first-order valence-electron chi connectivity index (χ1n) is 7.99. The lowest BCUT2D eigenvalue weighted by molar-refractivity contribution is -0.117. The van der Waals surface area contributed by atoms with E-state index >= 15 is 0 Å². The highest BCUT2D eigenvalue weighted by Gasteiger charge is 2.22. The molecule has 0 aliphatic carbocycles. The first-order chi connectivity index (χ1) is 12.7. The molecular weight excluding hydrogens is 356 g/mol. The molecule has 0 aromatic carbocycles. The SMILES string of the molecule is COCc1nnc(NC(=O)CN2CCN(c3nccnc3C#N)CC2)s1. The predicted octanol–water partition coefficient (Wildman–Crippen LogP) is 0.107. The second-order valence-corrected chi connectivity index (χ2v) is 6.65. The van der Waals surface area contributed by atoms with Gasteiger partial charge in [0.05, 0.1) is 6.54 Å². The number of hydrogen-bond acceptors (Lipinski definition) is 10. The number of carbonyl (C=O) groups is 1. The number of nitrogens with zero attached hydrogens (tertiary/aromatic N) is 7. The summed E-state index contributed by atoms with van der Waals surface area (Å²) in [5.74, 6) is 0.467. The summed E-state index contributed by atoms with van der Waals surface area (Å²) in [6.45, 7) is 3.40. The molecule has 26 heavy (non-hydrogen) atoms. The van der Waals surface area contributed by atoms with E-state index in [0.717, 1.165) is 0 Å². The number of nitrogens with one attached hydrogen (secondary N) is 1. The van der Waals surface area contributed by atoms with Gasteiger partial charge >= 0.3 is 0 Å². The fourth-order valence-corrected chi connectivity index (χ4v) is 3.33. The van der Waals surface area contributed by atoms with Gasteiger partial charge in [-0.1, -0.05) is 11.3 Å². The van der Waals surface area contributed by atoms with Crippen molar-refractivity contribution in [3.8, 4) is 6.07 Å². The standard InChI is InChI=1S/C15H18N8O2S/c1-25-10-13-20-21-15(26-13)19-12(24)9-22-4-6-23(7-5-22)14-11(8-16)17-2-3-18-14/h2-3H,4-7,9-10H2,1H3,(H,19,21,24). The maximum absolute atomic E-state index is 12.2. The number of ether oxygens (including phenoxy) is 1. The quantitative estimate of drug-likeness (QED) is 0.751. The van der Waals surface area contributed by atoms with Crippen LogP contribution < -0.4 is 10.2 Å². The molecule has 1 aliphatic heterocycles. The van der Waals surface area contributed by atoms with Gasteiger partial charge in [-0.2, -0.15) is 5.26 Å². The van der Waals surface area contributed by atoms with E-state index in [1.54, 1.807) is 13.3 Å². The lowest BCUT2D eigenvalue weighted by Gasteiger charge is -2.34. The average molecular weight is 374 g/mol. The van der Waals surface area contributed by atoms with Crippen LogP contribution in [0.15, 0.2) is 12.4 Å². The number of aromatic nitrogens is 4. The summed E-state index contributed by atoms with van der Waals surface area (Å²) in [4.78, 5) is 24.5. The smallest absolute Gasteiger partial charge is 0.240 e. The van der Waals surface area contributed by atoms with Crippen molar-refractivity contribution in [2.45, 2.75) is 6.61 Å². The van der Waals surface area contributed by atoms with Crippen molar-refractivity contribution in [3.05, 3.63) is 23.1 Å². The number of nitriles is 1. The normalized spacial score (nSPS) is 14.8. The molecule has 1 aliphatic rings. The Balaban J connectivity index is 1.49. The highest BCUT2D eigenvalue weighted by Crippen LogP contribution is 2.17. The lowest BCUT2D eigenvalue weighted by Crippen LogP contribution is -2.49. The third-order valence-corrected chi connectivity index (χ3v) is 4.62. The first-order valence-corrected chi connectivity index (χ1v) is 8.81. The molecule has 0 radical (unpaired) electrons. The van der Waals surface area contributed by atoms with Gasteiger partial charge in [0.25, 0.3) is 0 Å². The number of piperazine rings is 1. The van der Waals surface area contributed by atoms with Gasteiger partial charge in [0.15, 0.2) is 11.5 Å². The van der Waals surface area contributed by atoms with Crippen LogP contribution in [0, 0.1) is 11.3 Å². The third-order valence-electron chi connectivity index (χ3n) is 3.80.